The fraction of sp³-hybridized carbons (Fsp3) is 0.0870. The van der Waals surface area contributed by atoms with Crippen LogP contribution in [-0.2, 0) is 9.53 Å². The van der Waals surface area contributed by atoms with Gasteiger partial charge in [0.25, 0.3) is 5.91 Å². The molecule has 0 aliphatic rings. The average Bonchev–Trinajstić information content (AvgIpc) is 2.74. The number of carbonyl (C=O) groups is 3. The van der Waals surface area contributed by atoms with Gasteiger partial charge in [0.1, 0.15) is 0 Å². The van der Waals surface area contributed by atoms with Gasteiger partial charge >= 0.3 is 5.97 Å². The zero-order valence-corrected chi connectivity index (χ0v) is 16.4. The third-order valence-corrected chi connectivity index (χ3v) is 4.42. The molecule has 0 spiro atoms. The van der Waals surface area contributed by atoms with Crippen molar-refractivity contribution >= 4 is 34.9 Å². The van der Waals surface area contributed by atoms with E-state index in [9.17, 15) is 14.4 Å². The van der Waals surface area contributed by atoms with E-state index in [1.165, 1.54) is 6.07 Å². The molecule has 0 bridgehead atoms. The molecule has 0 atom stereocenters. The number of esters is 1. The largest absolute Gasteiger partial charge is 0.452 e. The minimum absolute atomic E-state index is 0.109. The highest BCUT2D eigenvalue weighted by molar-refractivity contribution is 6.30. The number of amides is 1. The predicted molar refractivity (Wildman–Crippen MR) is 111 cm³/mol. The summed E-state index contributed by atoms with van der Waals surface area (Å²) in [6.45, 7) is 1.45. The Bertz CT molecular complexity index is 1040. The number of hydrogen-bond donors (Lipinski definition) is 1. The van der Waals surface area contributed by atoms with Gasteiger partial charge in [-0.3, -0.25) is 9.59 Å². The molecule has 0 aliphatic heterocycles. The molecule has 146 valence electrons. The number of ketones is 1. The summed E-state index contributed by atoms with van der Waals surface area (Å²) >= 11 is 5.80. The molecule has 6 heteroatoms. The molecule has 0 radical (unpaired) electrons. The van der Waals surface area contributed by atoms with Gasteiger partial charge in [-0.15, -0.1) is 0 Å². The maximum absolute atomic E-state index is 12.8. The maximum Gasteiger partial charge on any atom is 0.339 e. The Hall–Kier alpha value is -3.44. The SMILES string of the molecule is Cc1ccc(C(=O)c2ccccc2C(=O)OCC(=O)Nc2ccc(Cl)cc2)cc1. The summed E-state index contributed by atoms with van der Waals surface area (Å²) in [7, 11) is 0. The number of ether oxygens (including phenoxy) is 1. The molecular weight excluding hydrogens is 390 g/mol. The first-order chi connectivity index (χ1) is 13.9. The molecule has 0 aliphatic carbocycles. The molecule has 3 aromatic rings. The second-order valence-electron chi connectivity index (χ2n) is 6.37. The Morgan fingerprint density at radius 2 is 1.48 bits per heavy atom. The first-order valence-electron chi connectivity index (χ1n) is 8.87. The van der Waals surface area contributed by atoms with E-state index in [1.807, 2.05) is 19.1 Å². The number of rotatable bonds is 6. The lowest BCUT2D eigenvalue weighted by atomic mass is 9.98. The Balaban J connectivity index is 1.68. The molecule has 5 nitrogen and oxygen atoms in total. The van der Waals surface area contributed by atoms with Crippen LogP contribution < -0.4 is 5.32 Å². The second-order valence-corrected chi connectivity index (χ2v) is 6.81. The van der Waals surface area contributed by atoms with Crippen molar-refractivity contribution in [3.05, 3.63) is 100 Å². The number of hydrogen-bond acceptors (Lipinski definition) is 4. The highest BCUT2D eigenvalue weighted by Gasteiger charge is 2.19. The van der Waals surface area contributed by atoms with Crippen LogP contribution in [0.1, 0.15) is 31.8 Å². The highest BCUT2D eigenvalue weighted by atomic mass is 35.5. The number of halogens is 1. The van der Waals surface area contributed by atoms with Crippen molar-refractivity contribution in [3.8, 4) is 0 Å². The zero-order valence-electron chi connectivity index (χ0n) is 15.6. The van der Waals surface area contributed by atoms with Crippen LogP contribution in [0.5, 0.6) is 0 Å². The second kappa shape index (κ2) is 9.17. The number of benzene rings is 3. The van der Waals surface area contributed by atoms with E-state index in [0.717, 1.165) is 5.56 Å². The van der Waals surface area contributed by atoms with Crippen LogP contribution in [0.25, 0.3) is 0 Å². The summed E-state index contributed by atoms with van der Waals surface area (Å²) in [5.74, 6) is -1.53. The summed E-state index contributed by atoms with van der Waals surface area (Å²) < 4.78 is 5.10. The van der Waals surface area contributed by atoms with Gasteiger partial charge in [0.2, 0.25) is 0 Å². The molecule has 29 heavy (non-hydrogen) atoms. The lowest BCUT2D eigenvalue weighted by Gasteiger charge is -2.10. The Morgan fingerprint density at radius 1 is 0.862 bits per heavy atom. The van der Waals surface area contributed by atoms with Crippen molar-refractivity contribution in [2.45, 2.75) is 6.92 Å². The van der Waals surface area contributed by atoms with Crippen LogP contribution >= 0.6 is 11.6 Å². The van der Waals surface area contributed by atoms with Gasteiger partial charge in [-0.2, -0.15) is 0 Å². The molecule has 3 aromatic carbocycles. The smallest absolute Gasteiger partial charge is 0.339 e. The van der Waals surface area contributed by atoms with E-state index in [2.05, 4.69) is 5.32 Å². The average molecular weight is 408 g/mol. The van der Waals surface area contributed by atoms with Crippen molar-refractivity contribution in [1.29, 1.82) is 0 Å². The Kier molecular flexibility index (Phi) is 6.42. The van der Waals surface area contributed by atoms with Gasteiger partial charge in [-0.1, -0.05) is 59.6 Å². The molecule has 1 amide bonds. The molecule has 0 heterocycles. The third kappa shape index (κ3) is 5.30. The standard InChI is InChI=1S/C23H18ClNO4/c1-15-6-8-16(9-7-15)22(27)19-4-2-3-5-20(19)23(28)29-14-21(26)25-18-12-10-17(24)11-13-18/h2-13H,14H2,1H3,(H,25,26). The van der Waals surface area contributed by atoms with Crippen LogP contribution in [0, 0.1) is 6.92 Å². The summed E-state index contributed by atoms with van der Waals surface area (Å²) in [5.41, 5.74) is 2.36. The number of nitrogens with one attached hydrogen (secondary N) is 1. The maximum atomic E-state index is 12.8. The molecular formula is C23H18ClNO4. The van der Waals surface area contributed by atoms with E-state index in [0.29, 0.717) is 16.3 Å². The number of anilines is 1. The van der Waals surface area contributed by atoms with Gasteiger partial charge in [0, 0.05) is 21.8 Å². The zero-order chi connectivity index (χ0) is 20.8. The van der Waals surface area contributed by atoms with Crippen LogP contribution in [0.3, 0.4) is 0 Å². The van der Waals surface area contributed by atoms with E-state index < -0.39 is 18.5 Å². The number of aryl methyl sites for hydroxylation is 1. The molecule has 0 aromatic heterocycles. The summed E-state index contributed by atoms with van der Waals surface area (Å²) in [5, 5.41) is 3.15. The predicted octanol–water partition coefficient (Wildman–Crippen LogP) is 4.67. The summed E-state index contributed by atoms with van der Waals surface area (Å²) in [6, 6.07) is 20.0. The van der Waals surface area contributed by atoms with Crippen LogP contribution in [0.15, 0.2) is 72.8 Å². The lowest BCUT2D eigenvalue weighted by Crippen LogP contribution is -2.22. The Labute approximate surface area is 173 Å². The van der Waals surface area contributed by atoms with Crippen molar-refractivity contribution in [3.63, 3.8) is 0 Å². The van der Waals surface area contributed by atoms with Crippen molar-refractivity contribution in [2.75, 3.05) is 11.9 Å². The fourth-order valence-electron chi connectivity index (χ4n) is 2.66. The minimum atomic E-state index is -0.743. The van der Waals surface area contributed by atoms with Crippen LogP contribution in [0.4, 0.5) is 5.69 Å². The quantitative estimate of drug-likeness (QED) is 0.476. The summed E-state index contributed by atoms with van der Waals surface area (Å²) in [4.78, 5) is 37.3. The van der Waals surface area contributed by atoms with E-state index in [1.54, 1.807) is 54.6 Å². The van der Waals surface area contributed by atoms with Gasteiger partial charge in [0.05, 0.1) is 5.56 Å². The summed E-state index contributed by atoms with van der Waals surface area (Å²) in [6.07, 6.45) is 0. The van der Waals surface area contributed by atoms with Crippen molar-refractivity contribution < 1.29 is 19.1 Å². The Morgan fingerprint density at radius 3 is 2.14 bits per heavy atom. The fourth-order valence-corrected chi connectivity index (χ4v) is 2.78. The minimum Gasteiger partial charge on any atom is -0.452 e. The molecule has 0 fully saturated rings. The van der Waals surface area contributed by atoms with Gasteiger partial charge in [-0.05, 0) is 37.3 Å². The van der Waals surface area contributed by atoms with Gasteiger partial charge in [0.15, 0.2) is 12.4 Å². The van der Waals surface area contributed by atoms with Gasteiger partial charge < -0.3 is 10.1 Å². The molecule has 3 rings (SSSR count). The van der Waals surface area contributed by atoms with Crippen LogP contribution in [0.2, 0.25) is 5.02 Å². The van der Waals surface area contributed by atoms with Crippen LogP contribution in [-0.4, -0.2) is 24.3 Å². The molecule has 0 unspecified atom stereocenters. The monoisotopic (exact) mass is 407 g/mol. The molecule has 0 saturated carbocycles. The normalized spacial score (nSPS) is 10.3. The first-order valence-corrected chi connectivity index (χ1v) is 9.25. The third-order valence-electron chi connectivity index (χ3n) is 4.17. The topological polar surface area (TPSA) is 72.5 Å². The van der Waals surface area contributed by atoms with Crippen molar-refractivity contribution in [2.24, 2.45) is 0 Å². The number of carbonyl (C=O) groups excluding carboxylic acids is 3. The first kappa shape index (κ1) is 20.3. The molecule has 1 N–H and O–H groups in total. The lowest BCUT2D eigenvalue weighted by molar-refractivity contribution is -0.119. The molecule has 0 saturated heterocycles. The van der Waals surface area contributed by atoms with Crippen molar-refractivity contribution in [1.82, 2.24) is 0 Å². The van der Waals surface area contributed by atoms with Gasteiger partial charge in [-0.25, -0.2) is 4.79 Å². The van der Waals surface area contributed by atoms with E-state index in [-0.39, 0.29) is 16.9 Å². The van der Waals surface area contributed by atoms with E-state index >= 15 is 0 Å². The van der Waals surface area contributed by atoms with E-state index in [4.69, 9.17) is 16.3 Å². The highest BCUT2D eigenvalue weighted by Crippen LogP contribution is 2.17.